The van der Waals surface area contributed by atoms with Gasteiger partial charge in [-0.2, -0.15) is 0 Å². The summed E-state index contributed by atoms with van der Waals surface area (Å²) in [5, 5.41) is 10.3. The Morgan fingerprint density at radius 1 is 0.293 bits per heavy atom. The standard InChI is InChI=1S/C54H32N2S2/c1-2-15-33(16-3-1)34-31-32-45-52(40-20-5-9-25-43(40)56(45)47-28-13-22-38-36-18-7-11-30-49(36)58-54(38)47)51(34)41-23-14-26-44-50(41)39-19-4-8-24-42(39)55(44)46-27-12-21-37-35-17-6-10-29-48(35)57-53(37)46/h1-32H. The predicted octanol–water partition coefficient (Wildman–Crippen LogP) is 16.0. The van der Waals surface area contributed by atoms with Crippen LogP contribution in [0.4, 0.5) is 0 Å². The predicted molar refractivity (Wildman–Crippen MR) is 252 cm³/mol. The Labute approximate surface area is 341 Å². The van der Waals surface area contributed by atoms with Crippen LogP contribution in [0.1, 0.15) is 0 Å². The summed E-state index contributed by atoms with van der Waals surface area (Å²) in [5.41, 5.74) is 12.2. The van der Waals surface area contributed by atoms with Crippen LogP contribution in [0.25, 0.3) is 118 Å². The van der Waals surface area contributed by atoms with E-state index in [0.29, 0.717) is 0 Å². The van der Waals surface area contributed by atoms with Crippen LogP contribution in [-0.4, -0.2) is 9.13 Å². The molecule has 13 aromatic rings. The van der Waals surface area contributed by atoms with Gasteiger partial charge in [-0.05, 0) is 65.2 Å². The topological polar surface area (TPSA) is 9.86 Å². The molecule has 0 amide bonds. The zero-order chi connectivity index (χ0) is 37.9. The molecule has 0 fully saturated rings. The van der Waals surface area contributed by atoms with Crippen LogP contribution in [-0.2, 0) is 0 Å². The Kier molecular flexibility index (Phi) is 6.79. The van der Waals surface area contributed by atoms with E-state index >= 15 is 0 Å². The highest BCUT2D eigenvalue weighted by Gasteiger charge is 2.25. The van der Waals surface area contributed by atoms with Crippen molar-refractivity contribution in [1.82, 2.24) is 9.13 Å². The molecule has 0 unspecified atom stereocenters. The molecule has 4 heterocycles. The van der Waals surface area contributed by atoms with Crippen molar-refractivity contribution >= 4 is 107 Å². The molecule has 0 atom stereocenters. The molecular formula is C54H32N2S2. The van der Waals surface area contributed by atoms with Crippen molar-refractivity contribution < 1.29 is 0 Å². The Balaban J connectivity index is 1.18. The highest BCUT2D eigenvalue weighted by molar-refractivity contribution is 7.26. The van der Waals surface area contributed by atoms with E-state index in [9.17, 15) is 0 Å². The minimum absolute atomic E-state index is 1.21. The van der Waals surface area contributed by atoms with Crippen LogP contribution in [0.5, 0.6) is 0 Å². The Morgan fingerprint density at radius 3 is 1.38 bits per heavy atom. The van der Waals surface area contributed by atoms with Gasteiger partial charge in [0.1, 0.15) is 0 Å². The second-order valence-corrected chi connectivity index (χ2v) is 17.3. The SMILES string of the molecule is c1ccc(-c2ccc3c(c2-c2cccc4c2c2ccccc2n4-c2cccc4c2sc2ccccc24)c2ccccc2n3-c2cccc3c2sc2ccccc23)cc1. The molecule has 58 heavy (non-hydrogen) atoms. The summed E-state index contributed by atoms with van der Waals surface area (Å²) in [7, 11) is 0. The molecule has 270 valence electrons. The number of rotatable bonds is 4. The second kappa shape index (κ2) is 12.3. The van der Waals surface area contributed by atoms with Gasteiger partial charge < -0.3 is 9.13 Å². The normalized spacial score (nSPS) is 12.1. The van der Waals surface area contributed by atoms with Gasteiger partial charge in [0.05, 0.1) is 42.8 Å². The summed E-state index contributed by atoms with van der Waals surface area (Å²) >= 11 is 3.77. The summed E-state index contributed by atoms with van der Waals surface area (Å²) in [4.78, 5) is 0. The largest absolute Gasteiger partial charge is 0.308 e. The number of hydrogen-bond acceptors (Lipinski definition) is 2. The third kappa shape index (κ3) is 4.41. The van der Waals surface area contributed by atoms with Gasteiger partial charge in [-0.1, -0.05) is 146 Å². The van der Waals surface area contributed by atoms with Crippen molar-refractivity contribution in [3.05, 3.63) is 194 Å². The zero-order valence-electron chi connectivity index (χ0n) is 31.2. The van der Waals surface area contributed by atoms with Crippen molar-refractivity contribution in [2.24, 2.45) is 0 Å². The van der Waals surface area contributed by atoms with Crippen molar-refractivity contribution in [2.75, 3.05) is 0 Å². The number of thiophene rings is 2. The Bertz CT molecular complexity index is 3800. The molecule has 0 saturated carbocycles. The van der Waals surface area contributed by atoms with E-state index in [-0.39, 0.29) is 0 Å². The summed E-state index contributed by atoms with van der Waals surface area (Å²) in [5.74, 6) is 0. The summed E-state index contributed by atoms with van der Waals surface area (Å²) in [6.45, 7) is 0. The molecule has 0 bridgehead atoms. The molecule has 4 aromatic heterocycles. The number of fused-ring (bicyclic) bond motifs is 12. The molecule has 4 heteroatoms. The van der Waals surface area contributed by atoms with Crippen molar-refractivity contribution in [2.45, 2.75) is 0 Å². The highest BCUT2D eigenvalue weighted by atomic mass is 32.1. The quantitative estimate of drug-likeness (QED) is 0.169. The van der Waals surface area contributed by atoms with E-state index in [1.165, 1.54) is 118 Å². The fourth-order valence-corrected chi connectivity index (χ4v) is 12.2. The molecule has 0 aliphatic heterocycles. The van der Waals surface area contributed by atoms with Crippen LogP contribution >= 0.6 is 22.7 Å². The van der Waals surface area contributed by atoms with Crippen molar-refractivity contribution in [1.29, 1.82) is 0 Å². The maximum atomic E-state index is 2.52. The number of hydrogen-bond donors (Lipinski definition) is 0. The average molecular weight is 773 g/mol. The van der Waals surface area contributed by atoms with Gasteiger partial charge >= 0.3 is 0 Å². The highest BCUT2D eigenvalue weighted by Crippen LogP contribution is 2.49. The molecule has 0 N–H and O–H groups in total. The minimum atomic E-state index is 1.21. The fourth-order valence-electron chi connectivity index (χ4n) is 9.76. The van der Waals surface area contributed by atoms with Gasteiger partial charge in [0, 0.05) is 58.1 Å². The first-order valence-electron chi connectivity index (χ1n) is 19.8. The lowest BCUT2D eigenvalue weighted by Crippen LogP contribution is -1.95. The van der Waals surface area contributed by atoms with E-state index in [2.05, 4.69) is 203 Å². The van der Waals surface area contributed by atoms with Gasteiger partial charge in [-0.25, -0.2) is 0 Å². The smallest absolute Gasteiger partial charge is 0.0640 e. The van der Waals surface area contributed by atoms with Gasteiger partial charge in [0.15, 0.2) is 0 Å². The van der Waals surface area contributed by atoms with Gasteiger partial charge in [-0.15, -0.1) is 22.7 Å². The lowest BCUT2D eigenvalue weighted by atomic mass is 9.88. The number of nitrogens with zero attached hydrogens (tertiary/aromatic N) is 2. The van der Waals surface area contributed by atoms with E-state index in [1.807, 2.05) is 22.7 Å². The molecule has 13 rings (SSSR count). The monoisotopic (exact) mass is 772 g/mol. The fraction of sp³-hybridized carbons (Fsp3) is 0. The summed E-state index contributed by atoms with van der Waals surface area (Å²) in [6.07, 6.45) is 0. The summed E-state index contributed by atoms with van der Waals surface area (Å²) < 4.78 is 10.3. The van der Waals surface area contributed by atoms with Crippen LogP contribution in [0, 0.1) is 0 Å². The lowest BCUT2D eigenvalue weighted by Gasteiger charge is -2.16. The maximum Gasteiger partial charge on any atom is 0.0640 e. The van der Waals surface area contributed by atoms with E-state index < -0.39 is 0 Å². The van der Waals surface area contributed by atoms with E-state index in [4.69, 9.17) is 0 Å². The maximum absolute atomic E-state index is 2.52. The van der Waals surface area contributed by atoms with Gasteiger partial charge in [0.25, 0.3) is 0 Å². The minimum Gasteiger partial charge on any atom is -0.308 e. The number of aromatic nitrogens is 2. The first-order valence-corrected chi connectivity index (χ1v) is 21.4. The first-order chi connectivity index (χ1) is 28.8. The van der Waals surface area contributed by atoms with Crippen LogP contribution in [0.3, 0.4) is 0 Å². The van der Waals surface area contributed by atoms with Crippen LogP contribution < -0.4 is 0 Å². The molecule has 0 spiro atoms. The molecule has 0 radical (unpaired) electrons. The molecule has 9 aromatic carbocycles. The zero-order valence-corrected chi connectivity index (χ0v) is 32.8. The molecular weight excluding hydrogens is 741 g/mol. The average Bonchev–Trinajstić information content (AvgIpc) is 4.04. The third-order valence-electron chi connectivity index (χ3n) is 12.1. The van der Waals surface area contributed by atoms with E-state index in [0.717, 1.165) is 0 Å². The molecule has 2 nitrogen and oxygen atoms in total. The van der Waals surface area contributed by atoms with Gasteiger partial charge in [-0.3, -0.25) is 0 Å². The second-order valence-electron chi connectivity index (χ2n) is 15.2. The van der Waals surface area contributed by atoms with Gasteiger partial charge in [0.2, 0.25) is 0 Å². The molecule has 0 saturated heterocycles. The third-order valence-corrected chi connectivity index (χ3v) is 14.6. The lowest BCUT2D eigenvalue weighted by molar-refractivity contribution is 1.20. The molecule has 0 aliphatic carbocycles. The van der Waals surface area contributed by atoms with Crippen LogP contribution in [0.2, 0.25) is 0 Å². The number of para-hydroxylation sites is 2. The number of benzene rings is 9. The summed E-state index contributed by atoms with van der Waals surface area (Å²) in [6, 6.07) is 71.8. The first kappa shape index (κ1) is 32.1. The molecule has 0 aliphatic rings. The van der Waals surface area contributed by atoms with Crippen molar-refractivity contribution in [3.8, 4) is 33.6 Å². The Morgan fingerprint density at radius 2 is 0.759 bits per heavy atom. The van der Waals surface area contributed by atoms with E-state index in [1.54, 1.807) is 0 Å². The van der Waals surface area contributed by atoms with Crippen molar-refractivity contribution in [3.63, 3.8) is 0 Å². The van der Waals surface area contributed by atoms with Crippen LogP contribution in [0.15, 0.2) is 194 Å². The Hall–Kier alpha value is -6.98.